The van der Waals surface area contributed by atoms with E-state index in [0.29, 0.717) is 4.34 Å². The second-order valence-electron chi connectivity index (χ2n) is 3.48. The first-order valence-corrected chi connectivity index (χ1v) is 8.19. The standard InChI is InChI=1S/C11H9F3N2S3/c1-17-9-15-16-10(19-9)18-6-7-4-2-3-5-8(7)11(12,13)14/h2-5H,6H2,1H3. The van der Waals surface area contributed by atoms with Crippen LogP contribution in [0.4, 0.5) is 13.2 Å². The van der Waals surface area contributed by atoms with Crippen molar-refractivity contribution in [3.8, 4) is 0 Å². The van der Waals surface area contributed by atoms with E-state index in [4.69, 9.17) is 0 Å². The van der Waals surface area contributed by atoms with Crippen LogP contribution in [0.3, 0.4) is 0 Å². The molecule has 1 heterocycles. The third kappa shape index (κ3) is 3.87. The molecule has 8 heteroatoms. The fourth-order valence-corrected chi connectivity index (χ4v) is 3.84. The van der Waals surface area contributed by atoms with Crippen molar-refractivity contribution >= 4 is 34.9 Å². The van der Waals surface area contributed by atoms with E-state index in [1.807, 2.05) is 6.26 Å². The maximum Gasteiger partial charge on any atom is 0.416 e. The summed E-state index contributed by atoms with van der Waals surface area (Å²) in [6, 6.07) is 5.60. The quantitative estimate of drug-likeness (QED) is 0.770. The number of aromatic nitrogens is 2. The maximum absolute atomic E-state index is 12.8. The summed E-state index contributed by atoms with van der Waals surface area (Å²) in [7, 11) is 0. The molecule has 0 bridgehead atoms. The fraction of sp³-hybridized carbons (Fsp3) is 0.273. The van der Waals surface area contributed by atoms with Gasteiger partial charge in [0.2, 0.25) is 0 Å². The predicted molar refractivity (Wildman–Crippen MR) is 72.7 cm³/mol. The van der Waals surface area contributed by atoms with Crippen LogP contribution in [0, 0.1) is 0 Å². The first-order valence-electron chi connectivity index (χ1n) is 5.16. The average molecular weight is 322 g/mol. The minimum atomic E-state index is -4.32. The van der Waals surface area contributed by atoms with Crippen LogP contribution in [0.15, 0.2) is 32.9 Å². The monoisotopic (exact) mass is 322 g/mol. The molecule has 0 unspecified atom stereocenters. The second kappa shape index (κ2) is 6.15. The normalized spacial score (nSPS) is 11.8. The predicted octanol–water partition coefficient (Wildman–Crippen LogP) is 4.57. The summed E-state index contributed by atoms with van der Waals surface area (Å²) >= 11 is 4.13. The van der Waals surface area contributed by atoms with Crippen molar-refractivity contribution < 1.29 is 13.2 Å². The van der Waals surface area contributed by atoms with Gasteiger partial charge in [0, 0.05) is 5.75 Å². The molecule has 0 saturated heterocycles. The van der Waals surface area contributed by atoms with Crippen LogP contribution in [0.2, 0.25) is 0 Å². The zero-order valence-corrected chi connectivity index (χ0v) is 12.2. The molecular weight excluding hydrogens is 313 g/mol. The largest absolute Gasteiger partial charge is 0.416 e. The highest BCUT2D eigenvalue weighted by atomic mass is 32.2. The number of nitrogens with zero attached hydrogens (tertiary/aromatic N) is 2. The van der Waals surface area contributed by atoms with E-state index in [-0.39, 0.29) is 11.3 Å². The van der Waals surface area contributed by atoms with Crippen LogP contribution in [-0.4, -0.2) is 16.5 Å². The summed E-state index contributed by atoms with van der Waals surface area (Å²) in [5.41, 5.74) is -0.321. The van der Waals surface area contributed by atoms with Crippen molar-refractivity contribution in [1.29, 1.82) is 0 Å². The molecule has 1 aromatic carbocycles. The molecule has 0 spiro atoms. The number of thioether (sulfide) groups is 2. The van der Waals surface area contributed by atoms with Gasteiger partial charge in [-0.2, -0.15) is 13.2 Å². The van der Waals surface area contributed by atoms with Gasteiger partial charge in [-0.1, -0.05) is 53.1 Å². The van der Waals surface area contributed by atoms with Crippen LogP contribution in [0.5, 0.6) is 0 Å². The molecule has 0 amide bonds. The van der Waals surface area contributed by atoms with E-state index in [1.54, 1.807) is 6.07 Å². The smallest absolute Gasteiger partial charge is 0.166 e. The summed E-state index contributed by atoms with van der Waals surface area (Å²) in [6.45, 7) is 0. The summed E-state index contributed by atoms with van der Waals surface area (Å²) < 4.78 is 39.9. The topological polar surface area (TPSA) is 25.8 Å². The van der Waals surface area contributed by atoms with E-state index in [2.05, 4.69) is 10.2 Å². The van der Waals surface area contributed by atoms with Gasteiger partial charge in [-0.3, -0.25) is 0 Å². The molecule has 2 rings (SSSR count). The van der Waals surface area contributed by atoms with Gasteiger partial charge in [-0.25, -0.2) is 0 Å². The van der Waals surface area contributed by atoms with E-state index >= 15 is 0 Å². The maximum atomic E-state index is 12.8. The van der Waals surface area contributed by atoms with Gasteiger partial charge in [-0.05, 0) is 17.9 Å². The van der Waals surface area contributed by atoms with E-state index < -0.39 is 11.7 Å². The molecule has 0 aliphatic carbocycles. The molecule has 0 N–H and O–H groups in total. The van der Waals surface area contributed by atoms with Gasteiger partial charge in [-0.15, -0.1) is 10.2 Å². The lowest BCUT2D eigenvalue weighted by atomic mass is 10.1. The Bertz CT molecular complexity index is 554. The number of rotatable bonds is 4. The molecule has 0 aliphatic rings. The average Bonchev–Trinajstić information content (AvgIpc) is 2.83. The van der Waals surface area contributed by atoms with Crippen molar-refractivity contribution in [2.45, 2.75) is 20.6 Å². The molecule has 0 saturated carbocycles. The highest BCUT2D eigenvalue weighted by Gasteiger charge is 2.32. The van der Waals surface area contributed by atoms with Crippen molar-refractivity contribution in [3.05, 3.63) is 35.4 Å². The molecule has 2 aromatic rings. The summed E-state index contributed by atoms with van der Waals surface area (Å²) in [4.78, 5) is 0. The van der Waals surface area contributed by atoms with Gasteiger partial charge in [0.25, 0.3) is 0 Å². The van der Waals surface area contributed by atoms with Crippen LogP contribution in [-0.2, 0) is 11.9 Å². The fourth-order valence-electron chi connectivity index (χ4n) is 1.40. The molecule has 0 atom stereocenters. The number of alkyl halides is 3. The van der Waals surface area contributed by atoms with Gasteiger partial charge < -0.3 is 0 Å². The third-order valence-corrected chi connectivity index (χ3v) is 5.32. The van der Waals surface area contributed by atoms with Crippen LogP contribution in [0.25, 0.3) is 0 Å². The Morgan fingerprint density at radius 3 is 2.47 bits per heavy atom. The lowest BCUT2D eigenvalue weighted by molar-refractivity contribution is -0.138. The highest BCUT2D eigenvalue weighted by Crippen LogP contribution is 2.35. The first-order chi connectivity index (χ1) is 9.00. The molecule has 0 aliphatic heterocycles. The Morgan fingerprint density at radius 2 is 1.84 bits per heavy atom. The molecule has 102 valence electrons. The highest BCUT2D eigenvalue weighted by molar-refractivity contribution is 8.02. The van der Waals surface area contributed by atoms with Crippen molar-refractivity contribution in [2.75, 3.05) is 6.26 Å². The molecule has 0 radical (unpaired) electrons. The van der Waals surface area contributed by atoms with E-state index in [9.17, 15) is 13.2 Å². The van der Waals surface area contributed by atoms with Crippen LogP contribution >= 0.6 is 34.9 Å². The SMILES string of the molecule is CSc1nnc(SCc2ccccc2C(F)(F)F)s1. The Balaban J connectivity index is 2.11. The van der Waals surface area contributed by atoms with Crippen LogP contribution < -0.4 is 0 Å². The second-order valence-corrected chi connectivity index (χ2v) is 6.73. The lowest BCUT2D eigenvalue weighted by Crippen LogP contribution is -2.08. The first kappa shape index (κ1) is 14.7. The number of hydrogen-bond acceptors (Lipinski definition) is 5. The van der Waals surface area contributed by atoms with Gasteiger partial charge in [0.05, 0.1) is 5.56 Å². The van der Waals surface area contributed by atoms with E-state index in [1.165, 1.54) is 47.0 Å². The van der Waals surface area contributed by atoms with Crippen LogP contribution in [0.1, 0.15) is 11.1 Å². The lowest BCUT2D eigenvalue weighted by Gasteiger charge is -2.11. The zero-order chi connectivity index (χ0) is 13.9. The van der Waals surface area contributed by atoms with Crippen molar-refractivity contribution in [3.63, 3.8) is 0 Å². The molecule has 19 heavy (non-hydrogen) atoms. The van der Waals surface area contributed by atoms with Crippen molar-refractivity contribution in [1.82, 2.24) is 10.2 Å². The third-order valence-electron chi connectivity index (χ3n) is 2.24. The van der Waals surface area contributed by atoms with Gasteiger partial charge >= 0.3 is 6.18 Å². The molecule has 0 fully saturated rings. The minimum Gasteiger partial charge on any atom is -0.166 e. The summed E-state index contributed by atoms with van der Waals surface area (Å²) in [6.07, 6.45) is -2.43. The summed E-state index contributed by atoms with van der Waals surface area (Å²) in [5.74, 6) is 0.235. The Hall–Kier alpha value is -0.730. The van der Waals surface area contributed by atoms with Gasteiger partial charge in [0.15, 0.2) is 8.68 Å². The number of hydrogen-bond donors (Lipinski definition) is 0. The number of benzene rings is 1. The van der Waals surface area contributed by atoms with E-state index in [0.717, 1.165) is 10.4 Å². The Morgan fingerprint density at radius 1 is 1.16 bits per heavy atom. The Kier molecular flexibility index (Phi) is 4.75. The zero-order valence-electron chi connectivity index (χ0n) is 9.77. The van der Waals surface area contributed by atoms with Gasteiger partial charge in [0.1, 0.15) is 0 Å². The molecular formula is C11H9F3N2S3. The Labute approximate surface area is 120 Å². The molecule has 1 aromatic heterocycles. The summed E-state index contributed by atoms with van der Waals surface area (Å²) in [5, 5.41) is 7.83. The molecule has 2 nitrogen and oxygen atoms in total. The number of halogens is 3. The van der Waals surface area contributed by atoms with Crippen molar-refractivity contribution in [2.24, 2.45) is 0 Å². The minimum absolute atomic E-state index is 0.235.